The van der Waals surface area contributed by atoms with Gasteiger partial charge in [0, 0.05) is 38.5 Å². The van der Waals surface area contributed by atoms with Gasteiger partial charge in [-0.15, -0.1) is 0 Å². The van der Waals surface area contributed by atoms with Crippen molar-refractivity contribution in [1.29, 1.82) is 0 Å². The Balaban J connectivity index is 1.72. The SMILES string of the molecule is COC(=O)N1CCCN(C(=O)CC(c2ccccc2)c2ccccc2)CC1. The fraction of sp³-hybridized carbons (Fsp3) is 0.364. The molecule has 0 bridgehead atoms. The quantitative estimate of drug-likeness (QED) is 0.832. The second-order valence-electron chi connectivity index (χ2n) is 6.77. The molecule has 0 aromatic heterocycles. The maximum absolute atomic E-state index is 13.0. The highest BCUT2D eigenvalue weighted by Crippen LogP contribution is 2.28. The number of rotatable bonds is 4. The van der Waals surface area contributed by atoms with Crippen molar-refractivity contribution in [2.24, 2.45) is 0 Å². The Kier molecular flexibility index (Phi) is 6.47. The van der Waals surface area contributed by atoms with Crippen molar-refractivity contribution in [2.75, 3.05) is 33.3 Å². The van der Waals surface area contributed by atoms with Crippen molar-refractivity contribution in [3.8, 4) is 0 Å². The van der Waals surface area contributed by atoms with E-state index < -0.39 is 0 Å². The second-order valence-corrected chi connectivity index (χ2v) is 6.77. The standard InChI is InChI=1S/C22H26N2O3/c1-27-22(26)24-14-8-13-23(15-16-24)21(25)17-20(18-9-4-2-5-10-18)19-11-6-3-7-12-19/h2-7,9-12,20H,8,13-17H2,1H3. The van der Waals surface area contributed by atoms with Crippen LogP contribution < -0.4 is 0 Å². The molecule has 5 nitrogen and oxygen atoms in total. The normalized spacial score (nSPS) is 14.7. The summed E-state index contributed by atoms with van der Waals surface area (Å²) in [6.45, 7) is 2.35. The summed E-state index contributed by atoms with van der Waals surface area (Å²) >= 11 is 0. The van der Waals surface area contributed by atoms with Crippen molar-refractivity contribution in [1.82, 2.24) is 9.80 Å². The number of ether oxygens (including phenoxy) is 1. The summed E-state index contributed by atoms with van der Waals surface area (Å²) in [5, 5.41) is 0. The van der Waals surface area contributed by atoms with Crippen molar-refractivity contribution in [3.63, 3.8) is 0 Å². The van der Waals surface area contributed by atoms with Crippen LogP contribution in [0.2, 0.25) is 0 Å². The third kappa shape index (κ3) is 4.88. The summed E-state index contributed by atoms with van der Waals surface area (Å²) in [5.74, 6) is 0.152. The Bertz CT molecular complexity index is 709. The molecule has 1 heterocycles. The average molecular weight is 366 g/mol. The van der Waals surface area contributed by atoms with Crippen LogP contribution in [0.5, 0.6) is 0 Å². The molecular formula is C22H26N2O3. The molecule has 2 amide bonds. The molecule has 0 unspecified atom stereocenters. The van der Waals surface area contributed by atoms with E-state index in [0.717, 1.165) is 17.5 Å². The van der Waals surface area contributed by atoms with Gasteiger partial charge in [0.25, 0.3) is 0 Å². The highest BCUT2D eigenvalue weighted by molar-refractivity contribution is 5.78. The van der Waals surface area contributed by atoms with E-state index >= 15 is 0 Å². The first-order valence-electron chi connectivity index (χ1n) is 9.39. The summed E-state index contributed by atoms with van der Waals surface area (Å²) < 4.78 is 4.80. The van der Waals surface area contributed by atoms with E-state index in [1.54, 1.807) is 4.90 Å². The van der Waals surface area contributed by atoms with Crippen molar-refractivity contribution < 1.29 is 14.3 Å². The van der Waals surface area contributed by atoms with Gasteiger partial charge in [0.15, 0.2) is 0 Å². The van der Waals surface area contributed by atoms with E-state index in [9.17, 15) is 9.59 Å². The summed E-state index contributed by atoms with van der Waals surface area (Å²) in [7, 11) is 1.39. The zero-order chi connectivity index (χ0) is 19.1. The third-order valence-corrected chi connectivity index (χ3v) is 5.06. The molecule has 5 heteroatoms. The van der Waals surface area contributed by atoms with Gasteiger partial charge in [-0.3, -0.25) is 4.79 Å². The van der Waals surface area contributed by atoms with Gasteiger partial charge in [-0.25, -0.2) is 4.79 Å². The predicted octanol–water partition coefficient (Wildman–Crippen LogP) is 3.51. The molecule has 0 N–H and O–H groups in total. The Morgan fingerprint density at radius 1 is 0.852 bits per heavy atom. The zero-order valence-corrected chi connectivity index (χ0v) is 15.7. The fourth-order valence-electron chi connectivity index (χ4n) is 3.58. The molecule has 0 radical (unpaired) electrons. The lowest BCUT2D eigenvalue weighted by molar-refractivity contribution is -0.131. The van der Waals surface area contributed by atoms with Gasteiger partial charge in [-0.05, 0) is 17.5 Å². The van der Waals surface area contributed by atoms with Gasteiger partial charge in [0.2, 0.25) is 5.91 Å². The average Bonchev–Trinajstić information content (AvgIpc) is 2.99. The molecule has 0 aliphatic carbocycles. The maximum Gasteiger partial charge on any atom is 0.409 e. The van der Waals surface area contributed by atoms with E-state index in [1.807, 2.05) is 41.3 Å². The topological polar surface area (TPSA) is 49.9 Å². The molecule has 27 heavy (non-hydrogen) atoms. The molecule has 0 saturated carbocycles. The van der Waals surface area contributed by atoms with E-state index in [-0.39, 0.29) is 17.9 Å². The van der Waals surface area contributed by atoms with Crippen LogP contribution in [0.15, 0.2) is 60.7 Å². The van der Waals surface area contributed by atoms with E-state index in [1.165, 1.54) is 7.11 Å². The molecule has 3 rings (SSSR count). The lowest BCUT2D eigenvalue weighted by Gasteiger charge is -2.25. The Morgan fingerprint density at radius 2 is 1.37 bits per heavy atom. The molecule has 2 aromatic rings. The van der Waals surface area contributed by atoms with Gasteiger partial charge in [0.05, 0.1) is 7.11 Å². The minimum Gasteiger partial charge on any atom is -0.453 e. The minimum absolute atomic E-state index is 0.0277. The predicted molar refractivity (Wildman–Crippen MR) is 105 cm³/mol. The summed E-state index contributed by atoms with van der Waals surface area (Å²) in [5.41, 5.74) is 2.28. The van der Waals surface area contributed by atoms with Crippen molar-refractivity contribution >= 4 is 12.0 Å². The summed E-state index contributed by atoms with van der Waals surface area (Å²) in [4.78, 5) is 28.3. The highest BCUT2D eigenvalue weighted by atomic mass is 16.5. The summed E-state index contributed by atoms with van der Waals surface area (Å²) in [6.07, 6.45) is 0.866. The number of hydrogen-bond donors (Lipinski definition) is 0. The zero-order valence-electron chi connectivity index (χ0n) is 15.7. The molecule has 0 spiro atoms. The minimum atomic E-state index is -0.323. The number of benzene rings is 2. The largest absolute Gasteiger partial charge is 0.453 e. The van der Waals surface area contributed by atoms with Crippen LogP contribution in [0, 0.1) is 0 Å². The van der Waals surface area contributed by atoms with E-state index in [2.05, 4.69) is 24.3 Å². The third-order valence-electron chi connectivity index (χ3n) is 5.06. The first kappa shape index (κ1) is 19.0. The lowest BCUT2D eigenvalue weighted by atomic mass is 9.88. The Labute approximate surface area is 160 Å². The second kappa shape index (κ2) is 9.21. The Morgan fingerprint density at radius 3 is 1.93 bits per heavy atom. The van der Waals surface area contributed by atoms with E-state index in [0.29, 0.717) is 32.6 Å². The highest BCUT2D eigenvalue weighted by Gasteiger charge is 2.25. The lowest BCUT2D eigenvalue weighted by Crippen LogP contribution is -2.37. The van der Waals surface area contributed by atoms with Gasteiger partial charge in [-0.2, -0.15) is 0 Å². The number of carbonyl (C=O) groups excluding carboxylic acids is 2. The van der Waals surface area contributed by atoms with Crippen LogP contribution >= 0.6 is 0 Å². The van der Waals surface area contributed by atoms with Crippen molar-refractivity contribution in [3.05, 3.63) is 71.8 Å². The first-order valence-corrected chi connectivity index (χ1v) is 9.39. The van der Waals surface area contributed by atoms with Crippen molar-refractivity contribution in [2.45, 2.75) is 18.8 Å². The number of hydrogen-bond acceptors (Lipinski definition) is 3. The van der Waals surface area contributed by atoms with Crippen LogP contribution in [0.25, 0.3) is 0 Å². The molecule has 142 valence electrons. The first-order chi connectivity index (χ1) is 13.2. The molecule has 2 aromatic carbocycles. The van der Waals surface area contributed by atoms with Gasteiger partial charge < -0.3 is 14.5 Å². The van der Waals surface area contributed by atoms with Gasteiger partial charge in [-0.1, -0.05) is 60.7 Å². The van der Waals surface area contributed by atoms with Crippen LogP contribution in [0.3, 0.4) is 0 Å². The molecule has 1 aliphatic rings. The van der Waals surface area contributed by atoms with Gasteiger partial charge in [0.1, 0.15) is 0 Å². The molecule has 0 atom stereocenters. The molecule has 1 fully saturated rings. The smallest absolute Gasteiger partial charge is 0.409 e. The monoisotopic (exact) mass is 366 g/mol. The molecule has 1 aliphatic heterocycles. The Hall–Kier alpha value is -2.82. The summed E-state index contributed by atoms with van der Waals surface area (Å²) in [6, 6.07) is 20.3. The van der Waals surface area contributed by atoms with Gasteiger partial charge >= 0.3 is 6.09 Å². The van der Waals surface area contributed by atoms with Crippen LogP contribution in [-0.4, -0.2) is 55.1 Å². The maximum atomic E-state index is 13.0. The number of carbonyl (C=O) groups is 2. The van der Waals surface area contributed by atoms with Crippen LogP contribution in [-0.2, 0) is 9.53 Å². The van der Waals surface area contributed by atoms with Crippen LogP contribution in [0.1, 0.15) is 29.9 Å². The fourth-order valence-corrected chi connectivity index (χ4v) is 3.58. The van der Waals surface area contributed by atoms with E-state index in [4.69, 9.17) is 4.74 Å². The number of amides is 2. The molecule has 1 saturated heterocycles. The number of nitrogens with zero attached hydrogens (tertiary/aromatic N) is 2. The molecular weight excluding hydrogens is 340 g/mol. The number of methoxy groups -OCH3 is 1. The van der Waals surface area contributed by atoms with Crippen LogP contribution in [0.4, 0.5) is 4.79 Å².